The number of phenols is 1. The number of carbonyl (C=O) groups excluding carboxylic acids is 1. The average Bonchev–Trinajstić information content (AvgIpc) is 2.49. The number of hydrogen-bond acceptors (Lipinski definition) is 4. The Kier molecular flexibility index (Phi) is 4.37. The smallest absolute Gasteiger partial charge is 0.255 e. The van der Waals surface area contributed by atoms with Crippen molar-refractivity contribution in [3.8, 4) is 5.75 Å². The molecule has 2 rings (SSSR count). The van der Waals surface area contributed by atoms with E-state index in [9.17, 15) is 14.3 Å². The van der Waals surface area contributed by atoms with Crippen molar-refractivity contribution < 1.29 is 14.3 Å². The molecule has 1 unspecified atom stereocenters. The first-order chi connectivity index (χ1) is 10.0. The van der Waals surface area contributed by atoms with Crippen molar-refractivity contribution in [1.29, 1.82) is 0 Å². The Morgan fingerprint density at radius 3 is 2.81 bits per heavy atom. The Balaban J connectivity index is 2.16. The van der Waals surface area contributed by atoms with Gasteiger partial charge in [0.1, 0.15) is 5.82 Å². The van der Waals surface area contributed by atoms with E-state index in [0.29, 0.717) is 16.9 Å². The number of phenolic OH excluding ortho intramolecular Hbond substituents is 1. The predicted octanol–water partition coefficient (Wildman–Crippen LogP) is 2.46. The molecule has 0 fully saturated rings. The highest BCUT2D eigenvalue weighted by Gasteiger charge is 2.15. The molecule has 0 radical (unpaired) electrons. The number of rotatable bonds is 4. The summed E-state index contributed by atoms with van der Waals surface area (Å²) < 4.78 is 13.3. The lowest BCUT2D eigenvalue weighted by atomic mass is 10.1. The third-order valence-corrected chi connectivity index (χ3v) is 3.11. The molecule has 2 aromatic rings. The predicted molar refractivity (Wildman–Crippen MR) is 77.7 cm³/mol. The number of nitrogens with one attached hydrogen (secondary N) is 2. The minimum Gasteiger partial charge on any atom is -0.505 e. The number of carbonyl (C=O) groups is 1. The van der Waals surface area contributed by atoms with Crippen molar-refractivity contribution in [3.63, 3.8) is 0 Å². The van der Waals surface area contributed by atoms with Crippen LogP contribution in [0.5, 0.6) is 5.75 Å². The van der Waals surface area contributed by atoms with Crippen LogP contribution in [0.3, 0.4) is 0 Å². The molecule has 0 bridgehead atoms. The number of anilines is 1. The van der Waals surface area contributed by atoms with E-state index in [4.69, 9.17) is 0 Å². The molecule has 1 aromatic heterocycles. The molecule has 110 valence electrons. The molecule has 1 atom stereocenters. The fourth-order valence-electron chi connectivity index (χ4n) is 1.94. The molecular formula is C15H16FN3O2. The first-order valence-corrected chi connectivity index (χ1v) is 6.45. The number of aromatic nitrogens is 1. The number of hydrogen-bond donors (Lipinski definition) is 3. The minimum atomic E-state index is -0.717. The van der Waals surface area contributed by atoms with Crippen molar-refractivity contribution >= 4 is 11.7 Å². The van der Waals surface area contributed by atoms with Gasteiger partial charge in [0.05, 0.1) is 11.6 Å². The van der Waals surface area contributed by atoms with Gasteiger partial charge in [-0.3, -0.25) is 4.79 Å². The monoisotopic (exact) mass is 289 g/mol. The van der Waals surface area contributed by atoms with Gasteiger partial charge in [-0.2, -0.15) is 0 Å². The maximum atomic E-state index is 13.3. The zero-order valence-corrected chi connectivity index (χ0v) is 11.7. The van der Waals surface area contributed by atoms with Gasteiger partial charge in [0.25, 0.3) is 5.91 Å². The summed E-state index contributed by atoms with van der Waals surface area (Å²) in [4.78, 5) is 16.3. The molecule has 5 nitrogen and oxygen atoms in total. The van der Waals surface area contributed by atoms with Crippen molar-refractivity contribution in [1.82, 2.24) is 10.3 Å². The second-order valence-corrected chi connectivity index (χ2v) is 4.56. The van der Waals surface area contributed by atoms with Crippen LogP contribution < -0.4 is 10.6 Å². The first kappa shape index (κ1) is 14.8. The summed E-state index contributed by atoms with van der Waals surface area (Å²) in [6.07, 6.45) is 1.58. The fraction of sp³-hybridized carbons (Fsp3) is 0.200. The third kappa shape index (κ3) is 3.28. The third-order valence-electron chi connectivity index (χ3n) is 3.11. The molecule has 0 saturated carbocycles. The maximum Gasteiger partial charge on any atom is 0.255 e. The minimum absolute atomic E-state index is 0.312. The van der Waals surface area contributed by atoms with Gasteiger partial charge in [0, 0.05) is 13.2 Å². The number of halogens is 1. The zero-order chi connectivity index (χ0) is 15.4. The molecule has 0 aliphatic heterocycles. The second-order valence-electron chi connectivity index (χ2n) is 4.56. The van der Waals surface area contributed by atoms with Crippen LogP contribution in [0.1, 0.15) is 28.9 Å². The molecule has 21 heavy (non-hydrogen) atoms. The van der Waals surface area contributed by atoms with E-state index in [-0.39, 0.29) is 5.91 Å². The van der Waals surface area contributed by atoms with E-state index in [0.717, 1.165) is 0 Å². The van der Waals surface area contributed by atoms with E-state index < -0.39 is 17.6 Å². The zero-order valence-electron chi connectivity index (χ0n) is 11.7. The van der Waals surface area contributed by atoms with Crippen molar-refractivity contribution in [2.75, 3.05) is 12.4 Å². The molecule has 0 spiro atoms. The number of nitrogens with zero attached hydrogens (tertiary/aromatic N) is 1. The number of benzene rings is 1. The highest BCUT2D eigenvalue weighted by atomic mass is 19.1. The lowest BCUT2D eigenvalue weighted by molar-refractivity contribution is 0.0940. The van der Waals surface area contributed by atoms with Crippen LogP contribution in [0.25, 0.3) is 0 Å². The van der Waals surface area contributed by atoms with Crippen molar-refractivity contribution in [3.05, 3.63) is 53.5 Å². The van der Waals surface area contributed by atoms with E-state index in [2.05, 4.69) is 15.6 Å². The van der Waals surface area contributed by atoms with E-state index in [1.54, 1.807) is 38.4 Å². The largest absolute Gasteiger partial charge is 0.505 e. The Hall–Kier alpha value is -2.63. The molecule has 3 N–H and O–H groups in total. The summed E-state index contributed by atoms with van der Waals surface area (Å²) in [6.45, 7) is 1.74. The molecule has 0 aliphatic rings. The van der Waals surface area contributed by atoms with E-state index in [1.807, 2.05) is 0 Å². The number of aromatic hydroxyl groups is 1. The lowest BCUT2D eigenvalue weighted by Crippen LogP contribution is -2.27. The van der Waals surface area contributed by atoms with Crippen LogP contribution in [-0.4, -0.2) is 23.0 Å². The van der Waals surface area contributed by atoms with Crippen molar-refractivity contribution in [2.45, 2.75) is 13.0 Å². The Labute approximate surface area is 121 Å². The van der Waals surface area contributed by atoms with Crippen LogP contribution in [0.4, 0.5) is 10.2 Å². The normalized spacial score (nSPS) is 11.8. The van der Waals surface area contributed by atoms with Crippen LogP contribution in [-0.2, 0) is 0 Å². The van der Waals surface area contributed by atoms with Gasteiger partial charge >= 0.3 is 0 Å². The first-order valence-electron chi connectivity index (χ1n) is 6.45. The highest BCUT2D eigenvalue weighted by molar-refractivity contribution is 5.98. The SMILES string of the molecule is CNc1ncccc1C(=O)NC(C)c1ccc(O)c(F)c1. The van der Waals surface area contributed by atoms with Gasteiger partial charge in [-0.15, -0.1) is 0 Å². The Morgan fingerprint density at radius 2 is 2.14 bits per heavy atom. The van der Waals surface area contributed by atoms with Gasteiger partial charge < -0.3 is 15.7 Å². The van der Waals surface area contributed by atoms with Crippen LogP contribution in [0.15, 0.2) is 36.5 Å². The number of pyridine rings is 1. The summed E-state index contributed by atoms with van der Waals surface area (Å²) in [5.74, 6) is -0.972. The summed E-state index contributed by atoms with van der Waals surface area (Å²) in [5.41, 5.74) is 0.972. The van der Waals surface area contributed by atoms with Crippen LogP contribution >= 0.6 is 0 Å². The fourth-order valence-corrected chi connectivity index (χ4v) is 1.94. The highest BCUT2D eigenvalue weighted by Crippen LogP contribution is 2.21. The molecule has 0 saturated heterocycles. The van der Waals surface area contributed by atoms with Gasteiger partial charge in [0.2, 0.25) is 0 Å². The standard InChI is InChI=1S/C15H16FN3O2/c1-9(10-5-6-13(20)12(16)8-10)19-15(21)11-4-3-7-18-14(11)17-2/h3-9,20H,1-2H3,(H,17,18)(H,19,21). The van der Waals surface area contributed by atoms with Crippen LogP contribution in [0.2, 0.25) is 0 Å². The Morgan fingerprint density at radius 1 is 1.38 bits per heavy atom. The van der Waals surface area contributed by atoms with Gasteiger partial charge in [-0.1, -0.05) is 6.07 Å². The molecular weight excluding hydrogens is 273 g/mol. The molecule has 6 heteroatoms. The van der Waals surface area contributed by atoms with E-state index in [1.165, 1.54) is 12.1 Å². The maximum absolute atomic E-state index is 13.3. The lowest BCUT2D eigenvalue weighted by Gasteiger charge is -2.16. The molecule has 1 heterocycles. The van der Waals surface area contributed by atoms with E-state index >= 15 is 0 Å². The number of amides is 1. The summed E-state index contributed by atoms with van der Waals surface area (Å²) in [6, 6.07) is 6.93. The molecule has 1 amide bonds. The second kappa shape index (κ2) is 6.21. The van der Waals surface area contributed by atoms with Gasteiger partial charge in [-0.05, 0) is 36.8 Å². The summed E-state index contributed by atoms with van der Waals surface area (Å²) in [5, 5.41) is 14.8. The topological polar surface area (TPSA) is 74.2 Å². The molecule has 1 aromatic carbocycles. The quantitative estimate of drug-likeness (QED) is 0.808. The summed E-state index contributed by atoms with van der Waals surface area (Å²) in [7, 11) is 1.68. The Bertz CT molecular complexity index is 661. The average molecular weight is 289 g/mol. The van der Waals surface area contributed by atoms with Gasteiger partial charge in [0.15, 0.2) is 11.6 Å². The van der Waals surface area contributed by atoms with Crippen LogP contribution in [0, 0.1) is 5.82 Å². The van der Waals surface area contributed by atoms with Crippen molar-refractivity contribution in [2.24, 2.45) is 0 Å². The summed E-state index contributed by atoms with van der Waals surface area (Å²) >= 11 is 0. The molecule has 0 aliphatic carbocycles. The van der Waals surface area contributed by atoms with Gasteiger partial charge in [-0.25, -0.2) is 9.37 Å².